The molecule has 0 unspecified atom stereocenters. The lowest BCUT2D eigenvalue weighted by atomic mass is 10.0. The monoisotopic (exact) mass is 308 g/mol. The minimum Gasteiger partial charge on any atom is -0.504 e. The number of rotatable bonds is 12. The second kappa shape index (κ2) is 11.2. The fourth-order valence-corrected chi connectivity index (χ4v) is 2.61. The molecule has 22 heavy (non-hydrogen) atoms. The number of hydrogen-bond donors (Lipinski definition) is 2. The molecule has 2 N–H and O–H groups in total. The molecular formula is C19H32O3. The topological polar surface area (TPSA) is 49.7 Å². The van der Waals surface area contributed by atoms with Crippen molar-refractivity contribution in [2.75, 3.05) is 6.61 Å². The summed E-state index contributed by atoms with van der Waals surface area (Å²) in [6.07, 6.45) is 12.0. The molecule has 0 amide bonds. The second-order valence-electron chi connectivity index (χ2n) is 5.99. The molecule has 1 aromatic carbocycles. The van der Waals surface area contributed by atoms with Crippen LogP contribution in [-0.4, -0.2) is 16.8 Å². The molecule has 0 heterocycles. The van der Waals surface area contributed by atoms with Crippen LogP contribution in [0.2, 0.25) is 0 Å². The van der Waals surface area contributed by atoms with Crippen LogP contribution in [0.1, 0.15) is 77.2 Å². The molecule has 126 valence electrons. The van der Waals surface area contributed by atoms with Crippen molar-refractivity contribution in [3.05, 3.63) is 17.7 Å². The lowest BCUT2D eigenvalue weighted by Crippen LogP contribution is -2.00. The summed E-state index contributed by atoms with van der Waals surface area (Å²) in [5, 5.41) is 19.6. The normalized spacial score (nSPS) is 10.8. The highest BCUT2D eigenvalue weighted by Gasteiger charge is 2.13. The Balaban J connectivity index is 2.37. The van der Waals surface area contributed by atoms with Gasteiger partial charge in [-0.3, -0.25) is 0 Å². The van der Waals surface area contributed by atoms with Crippen molar-refractivity contribution in [3.8, 4) is 17.2 Å². The van der Waals surface area contributed by atoms with Gasteiger partial charge >= 0.3 is 0 Å². The van der Waals surface area contributed by atoms with Gasteiger partial charge < -0.3 is 14.9 Å². The van der Waals surface area contributed by atoms with Gasteiger partial charge in [0.15, 0.2) is 11.5 Å². The molecule has 0 bridgehead atoms. The number of unbranched alkanes of at least 4 members (excludes halogenated alkanes) is 7. The molecule has 1 rings (SSSR count). The number of phenolic OH excluding ortho intramolecular Hbond substituents is 2. The maximum absolute atomic E-state index is 9.95. The first-order valence-electron chi connectivity index (χ1n) is 8.87. The Morgan fingerprint density at radius 3 is 2.09 bits per heavy atom. The average Bonchev–Trinajstić information content (AvgIpc) is 2.52. The number of hydrogen-bond acceptors (Lipinski definition) is 3. The maximum Gasteiger partial charge on any atom is 0.200 e. The first-order valence-corrected chi connectivity index (χ1v) is 8.87. The van der Waals surface area contributed by atoms with E-state index in [9.17, 15) is 10.2 Å². The van der Waals surface area contributed by atoms with Crippen LogP contribution < -0.4 is 4.74 Å². The van der Waals surface area contributed by atoms with Crippen molar-refractivity contribution in [1.29, 1.82) is 0 Å². The van der Waals surface area contributed by atoms with Gasteiger partial charge in [0.1, 0.15) is 0 Å². The van der Waals surface area contributed by atoms with Gasteiger partial charge in [0.05, 0.1) is 6.61 Å². The largest absolute Gasteiger partial charge is 0.504 e. The van der Waals surface area contributed by atoms with Gasteiger partial charge in [0, 0.05) is 0 Å². The summed E-state index contributed by atoms with van der Waals surface area (Å²) >= 11 is 0. The standard InChI is InChI=1S/C19H32O3/c1-3-5-6-7-8-9-10-11-12-16-13-14-17(20)18(21)19(16)22-15-4-2/h13-14,20-21H,3-12,15H2,1-2H3. The van der Waals surface area contributed by atoms with Gasteiger partial charge in [-0.25, -0.2) is 0 Å². The zero-order chi connectivity index (χ0) is 16.2. The van der Waals surface area contributed by atoms with E-state index in [2.05, 4.69) is 6.92 Å². The third kappa shape index (κ3) is 6.59. The number of aromatic hydroxyl groups is 2. The van der Waals surface area contributed by atoms with Crippen LogP contribution in [-0.2, 0) is 6.42 Å². The Hall–Kier alpha value is -1.38. The average molecular weight is 308 g/mol. The Morgan fingerprint density at radius 1 is 0.818 bits per heavy atom. The lowest BCUT2D eigenvalue weighted by Gasteiger charge is -2.13. The molecule has 0 aromatic heterocycles. The van der Waals surface area contributed by atoms with Gasteiger partial charge in [0.2, 0.25) is 5.75 Å². The Kier molecular flexibility index (Phi) is 9.52. The van der Waals surface area contributed by atoms with E-state index in [0.29, 0.717) is 12.4 Å². The van der Waals surface area contributed by atoms with Crippen molar-refractivity contribution < 1.29 is 14.9 Å². The van der Waals surface area contributed by atoms with Gasteiger partial charge in [-0.05, 0) is 30.9 Å². The van der Waals surface area contributed by atoms with Crippen LogP contribution in [0.25, 0.3) is 0 Å². The van der Waals surface area contributed by atoms with Crippen molar-refractivity contribution in [1.82, 2.24) is 0 Å². The van der Waals surface area contributed by atoms with Crippen LogP contribution in [0, 0.1) is 0 Å². The van der Waals surface area contributed by atoms with E-state index in [0.717, 1.165) is 24.8 Å². The molecular weight excluding hydrogens is 276 g/mol. The summed E-state index contributed by atoms with van der Waals surface area (Å²) in [5.74, 6) is 0.237. The highest BCUT2D eigenvalue weighted by atomic mass is 16.5. The molecule has 0 aliphatic rings. The molecule has 1 aromatic rings. The Morgan fingerprint density at radius 2 is 1.45 bits per heavy atom. The van der Waals surface area contributed by atoms with Gasteiger partial charge in [-0.15, -0.1) is 0 Å². The van der Waals surface area contributed by atoms with E-state index in [-0.39, 0.29) is 11.5 Å². The van der Waals surface area contributed by atoms with Crippen LogP contribution in [0.5, 0.6) is 17.2 Å². The Labute approximate surface area is 135 Å². The van der Waals surface area contributed by atoms with Gasteiger partial charge in [0.25, 0.3) is 0 Å². The molecule has 0 atom stereocenters. The van der Waals surface area contributed by atoms with Crippen LogP contribution in [0.3, 0.4) is 0 Å². The predicted molar refractivity (Wildman–Crippen MR) is 91.9 cm³/mol. The zero-order valence-electron chi connectivity index (χ0n) is 14.2. The van der Waals surface area contributed by atoms with E-state index in [1.165, 1.54) is 44.9 Å². The van der Waals surface area contributed by atoms with Crippen molar-refractivity contribution in [2.24, 2.45) is 0 Å². The molecule has 3 nitrogen and oxygen atoms in total. The quantitative estimate of drug-likeness (QED) is 0.392. The third-order valence-electron chi connectivity index (χ3n) is 3.94. The number of ether oxygens (including phenoxy) is 1. The van der Waals surface area contributed by atoms with Crippen molar-refractivity contribution in [2.45, 2.75) is 78.1 Å². The summed E-state index contributed by atoms with van der Waals surface area (Å²) in [7, 11) is 0. The third-order valence-corrected chi connectivity index (χ3v) is 3.94. The van der Waals surface area contributed by atoms with E-state index in [4.69, 9.17) is 4.74 Å². The van der Waals surface area contributed by atoms with Crippen LogP contribution >= 0.6 is 0 Å². The first kappa shape index (κ1) is 18.7. The minimum absolute atomic E-state index is 0.106. The lowest BCUT2D eigenvalue weighted by molar-refractivity contribution is 0.289. The molecule has 0 aliphatic carbocycles. The highest BCUT2D eigenvalue weighted by molar-refractivity contribution is 5.54. The molecule has 0 radical (unpaired) electrons. The number of benzene rings is 1. The first-order chi connectivity index (χ1) is 10.7. The van der Waals surface area contributed by atoms with Crippen LogP contribution in [0.4, 0.5) is 0 Å². The molecule has 3 heteroatoms. The van der Waals surface area contributed by atoms with Gasteiger partial charge in [-0.1, -0.05) is 64.9 Å². The summed E-state index contributed by atoms with van der Waals surface area (Å²) in [6.45, 7) is 4.82. The van der Waals surface area contributed by atoms with Gasteiger partial charge in [-0.2, -0.15) is 0 Å². The molecule has 0 fully saturated rings. The maximum atomic E-state index is 9.95. The number of phenols is 2. The highest BCUT2D eigenvalue weighted by Crippen LogP contribution is 2.39. The van der Waals surface area contributed by atoms with E-state index < -0.39 is 0 Å². The van der Waals surface area contributed by atoms with E-state index in [1.807, 2.05) is 13.0 Å². The minimum atomic E-state index is -0.120. The van der Waals surface area contributed by atoms with Crippen molar-refractivity contribution in [3.63, 3.8) is 0 Å². The number of aryl methyl sites for hydroxylation is 1. The molecule has 0 saturated carbocycles. The SMILES string of the molecule is CCCCCCCCCCc1ccc(O)c(O)c1OCCC. The molecule has 0 saturated heterocycles. The Bertz CT molecular complexity index is 415. The summed E-state index contributed by atoms with van der Waals surface area (Å²) in [4.78, 5) is 0. The fourth-order valence-electron chi connectivity index (χ4n) is 2.61. The fraction of sp³-hybridized carbons (Fsp3) is 0.684. The molecule has 0 spiro atoms. The van der Waals surface area contributed by atoms with Crippen LogP contribution in [0.15, 0.2) is 12.1 Å². The smallest absolute Gasteiger partial charge is 0.200 e. The summed E-state index contributed by atoms with van der Waals surface area (Å²) in [6, 6.07) is 3.41. The second-order valence-corrected chi connectivity index (χ2v) is 5.99. The predicted octanol–water partition coefficient (Wildman–Crippen LogP) is 5.57. The summed E-state index contributed by atoms with van der Waals surface area (Å²) < 4.78 is 5.61. The summed E-state index contributed by atoms with van der Waals surface area (Å²) in [5.41, 5.74) is 0.995. The van der Waals surface area contributed by atoms with E-state index in [1.54, 1.807) is 6.07 Å². The van der Waals surface area contributed by atoms with Crippen molar-refractivity contribution >= 4 is 0 Å². The zero-order valence-corrected chi connectivity index (χ0v) is 14.2. The molecule has 0 aliphatic heterocycles. The van der Waals surface area contributed by atoms with E-state index >= 15 is 0 Å².